The molecule has 3 aliphatic rings. The van der Waals surface area contributed by atoms with Crippen molar-refractivity contribution in [3.8, 4) is 0 Å². The third-order valence-electron chi connectivity index (χ3n) is 7.83. The lowest BCUT2D eigenvalue weighted by atomic mass is 9.68. The molecule has 0 aromatic rings. The number of carbonyl (C=O) groups is 1. The van der Waals surface area contributed by atoms with Crippen molar-refractivity contribution in [2.45, 2.75) is 121 Å². The van der Waals surface area contributed by atoms with Gasteiger partial charge in [-0.1, -0.05) is 45.4 Å². The smallest absolute Gasteiger partial charge is 0.309 e. The van der Waals surface area contributed by atoms with E-state index < -0.39 is 24.6 Å². The minimum Gasteiger partial charge on any atom is -0.462 e. The van der Waals surface area contributed by atoms with E-state index in [1.165, 1.54) is 51.4 Å². The van der Waals surface area contributed by atoms with E-state index in [1.54, 1.807) is 0 Å². The fraction of sp³-hybridized carbons (Fsp3) is 0.958. The van der Waals surface area contributed by atoms with Gasteiger partial charge in [0.25, 0.3) is 0 Å². The van der Waals surface area contributed by atoms with Gasteiger partial charge in [-0.15, -0.1) is 0 Å². The lowest BCUT2D eigenvalue weighted by molar-refractivity contribution is -0.161. The van der Waals surface area contributed by atoms with E-state index >= 15 is 0 Å². The first-order chi connectivity index (χ1) is 14.0. The van der Waals surface area contributed by atoms with Gasteiger partial charge < -0.3 is 4.74 Å². The molecule has 0 amide bonds. The number of halogens is 3. The molecule has 2 atom stereocenters. The van der Waals surface area contributed by atoms with Gasteiger partial charge >= 0.3 is 5.97 Å². The molecule has 5 heteroatoms. The molecule has 0 heterocycles. The number of alkyl halides is 3. The van der Waals surface area contributed by atoms with Crippen LogP contribution in [0.15, 0.2) is 0 Å². The molecule has 2 unspecified atom stereocenters. The molecule has 0 spiro atoms. The van der Waals surface area contributed by atoms with E-state index in [0.29, 0.717) is 5.92 Å². The van der Waals surface area contributed by atoms with Crippen LogP contribution in [0.25, 0.3) is 0 Å². The fourth-order valence-electron chi connectivity index (χ4n) is 5.90. The Balaban J connectivity index is 1.35. The van der Waals surface area contributed by atoms with Crippen LogP contribution in [-0.2, 0) is 9.53 Å². The van der Waals surface area contributed by atoms with Crippen molar-refractivity contribution in [3.05, 3.63) is 0 Å². The molecule has 0 saturated heterocycles. The van der Waals surface area contributed by atoms with E-state index in [-0.39, 0.29) is 24.7 Å². The number of unbranched alkanes of at least 4 members (excludes halogenated alkanes) is 2. The first-order valence-electron chi connectivity index (χ1n) is 12.1. The Morgan fingerprint density at radius 3 is 1.93 bits per heavy atom. The highest BCUT2D eigenvalue weighted by Gasteiger charge is 2.41. The van der Waals surface area contributed by atoms with Gasteiger partial charge in [-0.3, -0.25) is 4.79 Å². The molecular weight excluding hydrogens is 377 g/mol. The molecule has 0 bridgehead atoms. The second-order valence-corrected chi connectivity index (χ2v) is 9.90. The van der Waals surface area contributed by atoms with Crippen LogP contribution in [0.2, 0.25) is 0 Å². The van der Waals surface area contributed by atoms with Crippen molar-refractivity contribution in [3.63, 3.8) is 0 Å². The Morgan fingerprint density at radius 2 is 1.38 bits per heavy atom. The molecule has 2 nitrogen and oxygen atoms in total. The number of esters is 1. The van der Waals surface area contributed by atoms with Crippen molar-refractivity contribution in [1.29, 1.82) is 0 Å². The van der Waals surface area contributed by atoms with Crippen molar-refractivity contribution < 1.29 is 22.7 Å². The van der Waals surface area contributed by atoms with Gasteiger partial charge in [0, 0.05) is 12.8 Å². The van der Waals surface area contributed by atoms with Crippen LogP contribution in [0.3, 0.4) is 0 Å². The number of rotatable bonds is 7. The van der Waals surface area contributed by atoms with Crippen molar-refractivity contribution in [2.75, 3.05) is 0 Å². The maximum absolute atomic E-state index is 13.5. The van der Waals surface area contributed by atoms with Gasteiger partial charge in [0.05, 0.1) is 5.92 Å². The molecule has 29 heavy (non-hydrogen) atoms. The summed E-state index contributed by atoms with van der Waals surface area (Å²) in [4.78, 5) is 12.5. The number of ether oxygens (including phenoxy) is 1. The summed E-state index contributed by atoms with van der Waals surface area (Å²) in [7, 11) is 0. The maximum Gasteiger partial charge on any atom is 0.309 e. The third kappa shape index (κ3) is 6.37. The van der Waals surface area contributed by atoms with Crippen molar-refractivity contribution >= 4 is 5.97 Å². The fourth-order valence-corrected chi connectivity index (χ4v) is 5.90. The van der Waals surface area contributed by atoms with Crippen LogP contribution in [-0.4, -0.2) is 30.6 Å². The van der Waals surface area contributed by atoms with E-state index in [2.05, 4.69) is 6.92 Å². The number of hydrogen-bond donors (Lipinski definition) is 0. The van der Waals surface area contributed by atoms with E-state index in [1.807, 2.05) is 0 Å². The zero-order valence-corrected chi connectivity index (χ0v) is 18.0. The van der Waals surface area contributed by atoms with E-state index in [0.717, 1.165) is 37.5 Å². The van der Waals surface area contributed by atoms with Crippen LogP contribution >= 0.6 is 0 Å². The van der Waals surface area contributed by atoms with E-state index in [9.17, 15) is 18.0 Å². The maximum atomic E-state index is 13.5. The van der Waals surface area contributed by atoms with Crippen LogP contribution in [0.5, 0.6) is 0 Å². The number of carbonyl (C=O) groups excluding carboxylic acids is 1. The molecule has 3 aliphatic carbocycles. The number of hydrogen-bond acceptors (Lipinski definition) is 2. The average Bonchev–Trinajstić information content (AvgIpc) is 2.73. The summed E-state index contributed by atoms with van der Waals surface area (Å²) in [6, 6.07) is 0. The second kappa shape index (κ2) is 11.0. The highest BCUT2D eigenvalue weighted by molar-refractivity contribution is 5.72. The average molecular weight is 417 g/mol. The van der Waals surface area contributed by atoms with Crippen LogP contribution in [0, 0.1) is 23.7 Å². The highest BCUT2D eigenvalue weighted by Crippen LogP contribution is 2.42. The van der Waals surface area contributed by atoms with Crippen LogP contribution in [0.4, 0.5) is 13.2 Å². The lowest BCUT2D eigenvalue weighted by Crippen LogP contribution is -2.42. The van der Waals surface area contributed by atoms with Gasteiger partial charge in [-0.05, 0) is 56.3 Å². The standard InChI is InChI=1S/C24H39F3O2/c1-2-3-4-5-16-6-8-17(9-7-16)18-10-12-19(13-11-18)24(28)29-20-14-21(25)23(27)22(26)15-20/h16-23H,2-15H2,1H3. The second-order valence-electron chi connectivity index (χ2n) is 9.90. The monoisotopic (exact) mass is 416 g/mol. The predicted molar refractivity (Wildman–Crippen MR) is 109 cm³/mol. The molecule has 0 aromatic carbocycles. The zero-order valence-electron chi connectivity index (χ0n) is 18.0. The minimum atomic E-state index is -2.08. The molecule has 3 saturated carbocycles. The molecule has 168 valence electrons. The summed E-state index contributed by atoms with van der Waals surface area (Å²) < 4.78 is 45.7. The molecular formula is C24H39F3O2. The van der Waals surface area contributed by atoms with Gasteiger partial charge in [-0.2, -0.15) is 0 Å². The Morgan fingerprint density at radius 1 is 0.828 bits per heavy atom. The van der Waals surface area contributed by atoms with Gasteiger partial charge in [0.2, 0.25) is 0 Å². The third-order valence-corrected chi connectivity index (χ3v) is 7.83. The predicted octanol–water partition coefficient (Wildman–Crippen LogP) is 6.90. The summed E-state index contributed by atoms with van der Waals surface area (Å²) in [6.07, 6.45) is 7.47. The zero-order chi connectivity index (χ0) is 20.8. The highest BCUT2D eigenvalue weighted by atomic mass is 19.2. The Kier molecular flexibility index (Phi) is 8.73. The van der Waals surface area contributed by atoms with Crippen molar-refractivity contribution in [2.24, 2.45) is 23.7 Å². The summed E-state index contributed by atoms with van der Waals surface area (Å²) >= 11 is 0. The normalized spacial score (nSPS) is 41.1. The molecule has 0 aromatic heterocycles. The van der Waals surface area contributed by atoms with Crippen LogP contribution in [0.1, 0.15) is 96.8 Å². The Hall–Kier alpha value is -0.740. The van der Waals surface area contributed by atoms with E-state index in [4.69, 9.17) is 4.74 Å². The molecule has 0 N–H and O–H groups in total. The summed E-state index contributed by atoms with van der Waals surface area (Å²) in [5.74, 6) is 1.94. The quantitative estimate of drug-likeness (QED) is 0.333. The topological polar surface area (TPSA) is 26.3 Å². The van der Waals surface area contributed by atoms with Gasteiger partial charge in [0.1, 0.15) is 18.4 Å². The Labute approximate surface area is 174 Å². The lowest BCUT2D eigenvalue weighted by Gasteiger charge is -2.38. The summed E-state index contributed by atoms with van der Waals surface area (Å²) in [5.41, 5.74) is 0. The molecule has 3 fully saturated rings. The first kappa shape index (κ1) is 22.9. The van der Waals surface area contributed by atoms with Crippen molar-refractivity contribution in [1.82, 2.24) is 0 Å². The molecule has 3 rings (SSSR count). The summed E-state index contributed by atoms with van der Waals surface area (Å²) in [6.45, 7) is 2.26. The minimum absolute atomic E-state index is 0.157. The molecule has 0 radical (unpaired) electrons. The van der Waals surface area contributed by atoms with Gasteiger partial charge in [0.15, 0.2) is 6.17 Å². The van der Waals surface area contributed by atoms with Gasteiger partial charge in [-0.25, -0.2) is 13.2 Å². The Bertz CT molecular complexity index is 486. The molecule has 0 aliphatic heterocycles. The summed E-state index contributed by atoms with van der Waals surface area (Å²) in [5, 5.41) is 0. The SMILES string of the molecule is CCCCCC1CCC(C2CCC(C(=O)OC3CC(F)C(F)C(F)C3)CC2)CC1. The first-order valence-corrected chi connectivity index (χ1v) is 12.1. The van der Waals surface area contributed by atoms with Crippen LogP contribution < -0.4 is 0 Å². The largest absolute Gasteiger partial charge is 0.462 e.